The van der Waals surface area contributed by atoms with Crippen molar-refractivity contribution >= 4 is 33.9 Å². The Labute approximate surface area is 177 Å². The number of rotatable bonds is 3. The predicted octanol–water partition coefficient (Wildman–Crippen LogP) is 5.36. The first-order chi connectivity index (χ1) is 14.5. The number of Topliss-reactive ketones (excluding diaryl/α,β-unsaturated/α-hetero) is 1. The van der Waals surface area contributed by atoms with Crippen LogP contribution < -0.4 is 0 Å². The van der Waals surface area contributed by atoms with Crippen molar-refractivity contribution in [1.29, 1.82) is 0 Å². The Bertz CT molecular complexity index is 1290. The lowest BCUT2D eigenvalue weighted by Gasteiger charge is -2.36. The van der Waals surface area contributed by atoms with E-state index in [1.165, 1.54) is 24.3 Å². The Hall–Kier alpha value is -3.25. The number of hydrogen-bond acceptors (Lipinski definition) is 3. The van der Waals surface area contributed by atoms with Gasteiger partial charge in [-0.3, -0.25) is 9.59 Å². The highest BCUT2D eigenvalue weighted by Gasteiger charge is 2.36. The quantitative estimate of drug-likeness (QED) is 0.456. The fourth-order valence-corrected chi connectivity index (χ4v) is 5.06. The van der Waals surface area contributed by atoms with E-state index in [9.17, 15) is 14.0 Å². The van der Waals surface area contributed by atoms with Gasteiger partial charge in [0.15, 0.2) is 5.78 Å². The molecular weight excluding hydrogens is 399 g/mol. The Kier molecular flexibility index (Phi) is 4.51. The number of thiophene rings is 1. The van der Waals surface area contributed by atoms with Gasteiger partial charge in [-0.2, -0.15) is 0 Å². The topological polar surface area (TPSA) is 53.2 Å². The highest BCUT2D eigenvalue weighted by Crippen LogP contribution is 2.40. The second-order valence-electron chi connectivity index (χ2n) is 7.49. The van der Waals surface area contributed by atoms with Crippen LogP contribution in [-0.4, -0.2) is 28.1 Å². The number of carbonyl (C=O) groups is 2. The molecule has 6 heteroatoms. The van der Waals surface area contributed by atoms with Gasteiger partial charge in [-0.05, 0) is 37.1 Å². The van der Waals surface area contributed by atoms with Gasteiger partial charge < -0.3 is 9.88 Å². The maximum atomic E-state index is 14.9. The van der Waals surface area contributed by atoms with Gasteiger partial charge in [0.25, 0.3) is 5.91 Å². The Morgan fingerprint density at radius 3 is 2.67 bits per heavy atom. The zero-order valence-electron chi connectivity index (χ0n) is 16.3. The van der Waals surface area contributed by atoms with Gasteiger partial charge in [-0.15, -0.1) is 11.3 Å². The van der Waals surface area contributed by atoms with Crippen molar-refractivity contribution in [3.63, 3.8) is 0 Å². The fraction of sp³-hybridized carbons (Fsp3) is 0.167. The molecule has 30 heavy (non-hydrogen) atoms. The highest BCUT2D eigenvalue weighted by atomic mass is 32.1. The van der Waals surface area contributed by atoms with Gasteiger partial charge in [0, 0.05) is 34.1 Å². The van der Waals surface area contributed by atoms with Crippen LogP contribution in [0.15, 0.2) is 60.0 Å². The lowest BCUT2D eigenvalue weighted by Crippen LogP contribution is -2.40. The number of aromatic nitrogens is 1. The van der Waals surface area contributed by atoms with Crippen LogP contribution in [0.3, 0.4) is 0 Å². The van der Waals surface area contributed by atoms with Crippen LogP contribution in [0, 0.1) is 5.82 Å². The summed E-state index contributed by atoms with van der Waals surface area (Å²) in [6, 6.07) is 15.7. The van der Waals surface area contributed by atoms with Crippen molar-refractivity contribution in [3.05, 3.63) is 93.1 Å². The smallest absolute Gasteiger partial charge is 0.255 e. The van der Waals surface area contributed by atoms with Crippen LogP contribution in [-0.2, 0) is 6.42 Å². The van der Waals surface area contributed by atoms with Crippen LogP contribution in [0.4, 0.5) is 4.39 Å². The molecule has 3 heterocycles. The molecular formula is C24H19FN2O2S. The number of aromatic amines is 1. The molecule has 1 amide bonds. The van der Waals surface area contributed by atoms with E-state index in [0.717, 1.165) is 22.2 Å². The minimum Gasteiger partial charge on any atom is -0.356 e. The summed E-state index contributed by atoms with van der Waals surface area (Å²) in [6.45, 7) is 1.96. The number of nitrogens with zero attached hydrogens (tertiary/aromatic N) is 1. The first-order valence-corrected chi connectivity index (χ1v) is 10.7. The van der Waals surface area contributed by atoms with E-state index in [-0.39, 0.29) is 17.5 Å². The van der Waals surface area contributed by atoms with Gasteiger partial charge in [0.2, 0.25) is 0 Å². The largest absolute Gasteiger partial charge is 0.356 e. The van der Waals surface area contributed by atoms with E-state index in [4.69, 9.17) is 0 Å². The lowest BCUT2D eigenvalue weighted by atomic mass is 9.91. The third-order valence-corrected chi connectivity index (χ3v) is 6.72. The van der Waals surface area contributed by atoms with E-state index in [1.807, 2.05) is 18.2 Å². The molecule has 1 aliphatic heterocycles. The number of hydrogen-bond donors (Lipinski definition) is 1. The number of carbonyl (C=O) groups excluding carboxylic acids is 2. The zero-order valence-corrected chi connectivity index (χ0v) is 17.1. The molecule has 0 spiro atoms. The zero-order chi connectivity index (χ0) is 20.8. The fourth-order valence-electron chi connectivity index (χ4n) is 4.28. The van der Waals surface area contributed by atoms with Gasteiger partial charge in [0.05, 0.1) is 10.4 Å². The second-order valence-corrected chi connectivity index (χ2v) is 8.40. The standard InChI is InChI=1S/C24H19FN2O2S/c1-14(28)21-12-15(13-30-21)24(29)27-11-10-17-16-6-3-5-9-20(16)26-22(17)23(27)18-7-2-4-8-19(18)25/h2-9,12-13,23,26H,10-11H2,1H3. The van der Waals surface area contributed by atoms with Crippen molar-refractivity contribution in [2.24, 2.45) is 0 Å². The molecule has 1 N–H and O–H groups in total. The summed E-state index contributed by atoms with van der Waals surface area (Å²) in [4.78, 5) is 30.8. The van der Waals surface area contributed by atoms with Crippen molar-refractivity contribution in [2.45, 2.75) is 19.4 Å². The molecule has 1 unspecified atom stereocenters. The minimum absolute atomic E-state index is 0.0683. The molecule has 0 aliphatic carbocycles. The Morgan fingerprint density at radius 2 is 1.90 bits per heavy atom. The monoisotopic (exact) mass is 418 g/mol. The molecule has 0 saturated carbocycles. The van der Waals surface area contributed by atoms with Crippen molar-refractivity contribution in [1.82, 2.24) is 9.88 Å². The maximum absolute atomic E-state index is 14.9. The SMILES string of the molecule is CC(=O)c1cc(C(=O)N2CCc3c([nH]c4ccccc34)C2c2ccccc2F)cs1. The molecule has 150 valence electrons. The summed E-state index contributed by atoms with van der Waals surface area (Å²) in [5, 5.41) is 2.81. The Morgan fingerprint density at radius 1 is 1.13 bits per heavy atom. The van der Waals surface area contributed by atoms with Crippen LogP contribution in [0.2, 0.25) is 0 Å². The number of ketones is 1. The van der Waals surface area contributed by atoms with E-state index >= 15 is 0 Å². The lowest BCUT2D eigenvalue weighted by molar-refractivity contribution is 0.0690. The summed E-state index contributed by atoms with van der Waals surface area (Å²) >= 11 is 1.26. The molecule has 5 rings (SSSR count). The highest BCUT2D eigenvalue weighted by molar-refractivity contribution is 7.12. The predicted molar refractivity (Wildman–Crippen MR) is 116 cm³/mol. The van der Waals surface area contributed by atoms with Gasteiger partial charge in [-0.1, -0.05) is 36.4 Å². The van der Waals surface area contributed by atoms with Gasteiger partial charge in [-0.25, -0.2) is 4.39 Å². The summed E-state index contributed by atoms with van der Waals surface area (Å²) in [6.07, 6.45) is 0.680. The first kappa shape index (κ1) is 18.8. The van der Waals surface area contributed by atoms with Crippen LogP contribution in [0.1, 0.15) is 49.8 Å². The number of H-pyrrole nitrogens is 1. The third kappa shape index (κ3) is 2.95. The molecule has 2 aromatic carbocycles. The Balaban J connectivity index is 1.66. The maximum Gasteiger partial charge on any atom is 0.255 e. The summed E-state index contributed by atoms with van der Waals surface area (Å²) in [5.41, 5.74) is 3.87. The molecule has 0 saturated heterocycles. The van der Waals surface area contributed by atoms with E-state index < -0.39 is 6.04 Å². The van der Waals surface area contributed by atoms with E-state index in [2.05, 4.69) is 11.1 Å². The van der Waals surface area contributed by atoms with Gasteiger partial charge in [0.1, 0.15) is 11.9 Å². The summed E-state index contributed by atoms with van der Waals surface area (Å²) in [7, 11) is 0. The number of amides is 1. The average molecular weight is 418 g/mol. The molecule has 1 atom stereocenters. The van der Waals surface area contributed by atoms with Crippen LogP contribution in [0.5, 0.6) is 0 Å². The van der Waals surface area contributed by atoms with Crippen molar-refractivity contribution in [3.8, 4) is 0 Å². The minimum atomic E-state index is -0.560. The molecule has 4 aromatic rings. The first-order valence-electron chi connectivity index (χ1n) is 9.79. The summed E-state index contributed by atoms with van der Waals surface area (Å²) in [5.74, 6) is -0.612. The third-order valence-electron chi connectivity index (χ3n) is 5.69. The van der Waals surface area contributed by atoms with Crippen LogP contribution >= 0.6 is 11.3 Å². The van der Waals surface area contributed by atoms with E-state index in [1.54, 1.807) is 34.5 Å². The van der Waals surface area contributed by atoms with Crippen molar-refractivity contribution in [2.75, 3.05) is 6.54 Å². The number of fused-ring (bicyclic) bond motifs is 3. The summed E-state index contributed by atoms with van der Waals surface area (Å²) < 4.78 is 14.9. The molecule has 2 aromatic heterocycles. The molecule has 4 nitrogen and oxygen atoms in total. The normalized spacial score (nSPS) is 15.9. The molecule has 0 fully saturated rings. The van der Waals surface area contributed by atoms with E-state index in [0.29, 0.717) is 29.0 Å². The average Bonchev–Trinajstić information content (AvgIpc) is 3.38. The van der Waals surface area contributed by atoms with Crippen LogP contribution in [0.25, 0.3) is 10.9 Å². The van der Waals surface area contributed by atoms with Crippen molar-refractivity contribution < 1.29 is 14.0 Å². The molecule has 0 bridgehead atoms. The number of para-hydroxylation sites is 1. The molecule has 1 aliphatic rings. The number of halogens is 1. The number of benzene rings is 2. The number of nitrogens with one attached hydrogen (secondary N) is 1. The molecule has 0 radical (unpaired) electrons. The second kappa shape index (κ2) is 7.22. The van der Waals surface area contributed by atoms with Gasteiger partial charge >= 0.3 is 0 Å².